The minimum Gasteiger partial charge on any atom is -0.486 e. The van der Waals surface area contributed by atoms with E-state index in [-0.39, 0.29) is 12.5 Å². The molecule has 126 valence electrons. The van der Waals surface area contributed by atoms with Gasteiger partial charge in [0.05, 0.1) is 0 Å². The Kier molecular flexibility index (Phi) is 4.94. The van der Waals surface area contributed by atoms with Gasteiger partial charge in [-0.25, -0.2) is 0 Å². The van der Waals surface area contributed by atoms with Crippen molar-refractivity contribution in [3.8, 4) is 17.2 Å². The van der Waals surface area contributed by atoms with Crippen LogP contribution in [0, 0.1) is 13.8 Å². The molecule has 1 amide bonds. The molecular formula is C18H18BrNO4. The fourth-order valence-corrected chi connectivity index (χ4v) is 2.69. The highest BCUT2D eigenvalue weighted by atomic mass is 79.9. The van der Waals surface area contributed by atoms with Gasteiger partial charge >= 0.3 is 0 Å². The van der Waals surface area contributed by atoms with Gasteiger partial charge in [-0.2, -0.15) is 0 Å². The van der Waals surface area contributed by atoms with Crippen molar-refractivity contribution >= 4 is 27.5 Å². The minimum atomic E-state index is -0.232. The molecule has 2 aromatic carbocycles. The van der Waals surface area contributed by atoms with E-state index >= 15 is 0 Å². The van der Waals surface area contributed by atoms with Gasteiger partial charge in [0.15, 0.2) is 18.1 Å². The van der Waals surface area contributed by atoms with Gasteiger partial charge in [0.1, 0.15) is 19.0 Å². The molecule has 0 saturated heterocycles. The molecular weight excluding hydrogens is 374 g/mol. The van der Waals surface area contributed by atoms with Crippen molar-refractivity contribution in [1.29, 1.82) is 0 Å². The van der Waals surface area contributed by atoms with Crippen LogP contribution in [0.3, 0.4) is 0 Å². The SMILES string of the molecule is Cc1cc(OCC(=O)Nc2ccc3c(c2)OCCO3)cc(C)c1Br. The number of hydrogen-bond acceptors (Lipinski definition) is 4. The molecule has 1 N–H and O–H groups in total. The number of amides is 1. The highest BCUT2D eigenvalue weighted by Crippen LogP contribution is 2.32. The van der Waals surface area contributed by atoms with E-state index in [1.165, 1.54) is 0 Å². The lowest BCUT2D eigenvalue weighted by Gasteiger charge is -2.19. The van der Waals surface area contributed by atoms with Gasteiger partial charge in [0.25, 0.3) is 5.91 Å². The summed E-state index contributed by atoms with van der Waals surface area (Å²) in [5.41, 5.74) is 2.78. The van der Waals surface area contributed by atoms with E-state index in [0.29, 0.717) is 36.1 Å². The largest absolute Gasteiger partial charge is 0.486 e. The second-order valence-electron chi connectivity index (χ2n) is 5.57. The number of halogens is 1. The van der Waals surface area contributed by atoms with Crippen molar-refractivity contribution in [2.24, 2.45) is 0 Å². The Morgan fingerprint density at radius 3 is 2.50 bits per heavy atom. The molecule has 0 spiro atoms. The van der Waals surface area contributed by atoms with Gasteiger partial charge in [-0.05, 0) is 49.2 Å². The predicted molar refractivity (Wildman–Crippen MR) is 95.2 cm³/mol. The summed E-state index contributed by atoms with van der Waals surface area (Å²) in [6, 6.07) is 9.11. The minimum absolute atomic E-state index is 0.0606. The molecule has 5 nitrogen and oxygen atoms in total. The Morgan fingerprint density at radius 1 is 1.12 bits per heavy atom. The molecule has 1 heterocycles. The van der Waals surface area contributed by atoms with Crippen LogP contribution in [-0.4, -0.2) is 25.7 Å². The Balaban J connectivity index is 1.60. The normalized spacial score (nSPS) is 12.6. The fourth-order valence-electron chi connectivity index (χ4n) is 2.46. The zero-order chi connectivity index (χ0) is 17.1. The zero-order valence-corrected chi connectivity index (χ0v) is 15.1. The smallest absolute Gasteiger partial charge is 0.262 e. The summed E-state index contributed by atoms with van der Waals surface area (Å²) in [5.74, 6) is 1.77. The number of nitrogens with one attached hydrogen (secondary N) is 1. The zero-order valence-electron chi connectivity index (χ0n) is 13.5. The van der Waals surface area contributed by atoms with Crippen LogP contribution in [0.1, 0.15) is 11.1 Å². The molecule has 1 aliphatic heterocycles. The number of aryl methyl sites for hydroxylation is 2. The monoisotopic (exact) mass is 391 g/mol. The first kappa shape index (κ1) is 16.6. The highest BCUT2D eigenvalue weighted by Gasteiger charge is 2.13. The van der Waals surface area contributed by atoms with E-state index in [4.69, 9.17) is 14.2 Å². The summed E-state index contributed by atoms with van der Waals surface area (Å²) < 4.78 is 17.6. The van der Waals surface area contributed by atoms with Crippen LogP contribution in [0.4, 0.5) is 5.69 Å². The summed E-state index contributed by atoms with van der Waals surface area (Å²) in [6.07, 6.45) is 0. The average Bonchev–Trinajstić information content (AvgIpc) is 2.57. The number of anilines is 1. The Bertz CT molecular complexity index is 753. The van der Waals surface area contributed by atoms with E-state index in [0.717, 1.165) is 15.6 Å². The molecule has 24 heavy (non-hydrogen) atoms. The van der Waals surface area contributed by atoms with E-state index in [1.807, 2.05) is 26.0 Å². The third-order valence-electron chi connectivity index (χ3n) is 3.61. The Morgan fingerprint density at radius 2 is 1.79 bits per heavy atom. The van der Waals surface area contributed by atoms with Crippen molar-refractivity contribution < 1.29 is 19.0 Å². The lowest BCUT2D eigenvalue weighted by Crippen LogP contribution is -2.21. The topological polar surface area (TPSA) is 56.8 Å². The van der Waals surface area contributed by atoms with Crippen LogP contribution < -0.4 is 19.5 Å². The standard InChI is InChI=1S/C18H18BrNO4/c1-11-7-14(8-12(2)18(11)19)24-10-17(21)20-13-3-4-15-16(9-13)23-6-5-22-15/h3-4,7-9H,5-6,10H2,1-2H3,(H,20,21). The van der Waals surface area contributed by atoms with Gasteiger partial charge in [0, 0.05) is 16.2 Å². The average molecular weight is 392 g/mol. The van der Waals surface area contributed by atoms with Crippen LogP contribution >= 0.6 is 15.9 Å². The molecule has 0 bridgehead atoms. The lowest BCUT2D eigenvalue weighted by molar-refractivity contribution is -0.118. The first-order valence-electron chi connectivity index (χ1n) is 7.62. The van der Waals surface area contributed by atoms with E-state index in [2.05, 4.69) is 21.2 Å². The number of carbonyl (C=O) groups excluding carboxylic acids is 1. The Hall–Kier alpha value is -2.21. The quantitative estimate of drug-likeness (QED) is 0.859. The molecule has 0 radical (unpaired) electrons. The Labute approximate surface area is 149 Å². The highest BCUT2D eigenvalue weighted by molar-refractivity contribution is 9.10. The molecule has 0 fully saturated rings. The van der Waals surface area contributed by atoms with Crippen molar-refractivity contribution in [2.45, 2.75) is 13.8 Å². The molecule has 1 aliphatic rings. The van der Waals surface area contributed by atoms with Crippen molar-refractivity contribution in [1.82, 2.24) is 0 Å². The van der Waals surface area contributed by atoms with Crippen molar-refractivity contribution in [3.63, 3.8) is 0 Å². The maximum Gasteiger partial charge on any atom is 0.262 e. The molecule has 6 heteroatoms. The molecule has 0 atom stereocenters. The van der Waals surface area contributed by atoms with Crippen molar-refractivity contribution in [2.75, 3.05) is 25.1 Å². The summed E-state index contributed by atoms with van der Waals surface area (Å²) >= 11 is 3.51. The van der Waals surface area contributed by atoms with Crippen LogP contribution in [0.15, 0.2) is 34.8 Å². The number of benzene rings is 2. The molecule has 0 aliphatic carbocycles. The number of carbonyl (C=O) groups is 1. The lowest BCUT2D eigenvalue weighted by atomic mass is 10.1. The third-order valence-corrected chi connectivity index (χ3v) is 4.86. The molecule has 2 aromatic rings. The second kappa shape index (κ2) is 7.13. The van der Waals surface area contributed by atoms with Gasteiger partial charge in [-0.15, -0.1) is 0 Å². The van der Waals surface area contributed by atoms with Gasteiger partial charge < -0.3 is 19.5 Å². The molecule has 0 saturated carbocycles. The predicted octanol–water partition coefficient (Wildman–Crippen LogP) is 3.85. The van der Waals surface area contributed by atoms with Crippen molar-refractivity contribution in [3.05, 3.63) is 45.9 Å². The number of ether oxygens (including phenoxy) is 3. The summed E-state index contributed by atoms with van der Waals surface area (Å²) in [7, 11) is 0. The maximum atomic E-state index is 12.1. The first-order chi connectivity index (χ1) is 11.5. The van der Waals surface area contributed by atoms with E-state index in [9.17, 15) is 4.79 Å². The maximum absolute atomic E-state index is 12.1. The van der Waals surface area contributed by atoms with Crippen LogP contribution in [0.5, 0.6) is 17.2 Å². The van der Waals surface area contributed by atoms with Gasteiger partial charge in [-0.3, -0.25) is 4.79 Å². The summed E-state index contributed by atoms with van der Waals surface area (Å²) in [5, 5.41) is 2.79. The molecule has 0 unspecified atom stereocenters. The van der Waals surface area contributed by atoms with E-state index in [1.54, 1.807) is 18.2 Å². The number of hydrogen-bond donors (Lipinski definition) is 1. The second-order valence-corrected chi connectivity index (χ2v) is 6.36. The van der Waals surface area contributed by atoms with Gasteiger partial charge in [0.2, 0.25) is 0 Å². The van der Waals surface area contributed by atoms with Gasteiger partial charge in [-0.1, -0.05) is 15.9 Å². The van der Waals surface area contributed by atoms with Crippen LogP contribution in [0.25, 0.3) is 0 Å². The summed E-state index contributed by atoms with van der Waals surface area (Å²) in [6.45, 7) is 4.96. The first-order valence-corrected chi connectivity index (χ1v) is 8.41. The molecule has 0 aromatic heterocycles. The van der Waals surface area contributed by atoms with Crippen LogP contribution in [-0.2, 0) is 4.79 Å². The van der Waals surface area contributed by atoms with Crippen LogP contribution in [0.2, 0.25) is 0 Å². The third kappa shape index (κ3) is 3.82. The van der Waals surface area contributed by atoms with E-state index < -0.39 is 0 Å². The molecule has 3 rings (SSSR count). The summed E-state index contributed by atoms with van der Waals surface area (Å²) in [4.78, 5) is 12.1. The number of fused-ring (bicyclic) bond motifs is 1. The fraction of sp³-hybridized carbons (Fsp3) is 0.278. The number of rotatable bonds is 4.